The molecule has 0 atom stereocenters. The van der Waals surface area contributed by atoms with E-state index in [-0.39, 0.29) is 30.1 Å². The Labute approximate surface area is 148 Å². The first-order chi connectivity index (χ1) is 10.1. The molecule has 1 saturated heterocycles. The van der Waals surface area contributed by atoms with Gasteiger partial charge in [0.25, 0.3) is 0 Å². The number of hydrogen-bond donors (Lipinski definition) is 2. The minimum Gasteiger partial charge on any atom is -0.447 e. The van der Waals surface area contributed by atoms with Gasteiger partial charge in [0.2, 0.25) is 0 Å². The second-order valence-corrected chi connectivity index (χ2v) is 5.41. The van der Waals surface area contributed by atoms with Crippen LogP contribution in [0, 0.1) is 5.92 Å². The maximum Gasteiger partial charge on any atom is 0.414 e. The maximum atomic E-state index is 11.5. The molecular formula is C15H23IN4O2. The number of guanidine groups is 1. The molecular weight excluding hydrogens is 395 g/mol. The first-order valence-electron chi connectivity index (χ1n) is 7.13. The van der Waals surface area contributed by atoms with Crippen LogP contribution in [0.4, 0.5) is 10.5 Å². The van der Waals surface area contributed by atoms with Gasteiger partial charge < -0.3 is 15.8 Å². The number of carbonyl (C=O) groups excluding carboxylic acids is 1. The van der Waals surface area contributed by atoms with Crippen LogP contribution in [-0.4, -0.2) is 31.7 Å². The Morgan fingerprint density at radius 3 is 2.64 bits per heavy atom. The SMILES string of the molecule is CC(C)CNC(N)=NCc1ccc(N2CCOC2=O)cc1.I. The number of aliphatic imine (C=N–C) groups is 1. The van der Waals surface area contributed by atoms with Gasteiger partial charge in [0.15, 0.2) is 5.96 Å². The molecule has 0 spiro atoms. The molecule has 0 unspecified atom stereocenters. The minimum absolute atomic E-state index is 0. The van der Waals surface area contributed by atoms with Gasteiger partial charge >= 0.3 is 6.09 Å². The second-order valence-electron chi connectivity index (χ2n) is 5.41. The second kappa shape index (κ2) is 8.82. The first-order valence-corrected chi connectivity index (χ1v) is 7.13. The van der Waals surface area contributed by atoms with Crippen molar-refractivity contribution >= 4 is 41.7 Å². The van der Waals surface area contributed by atoms with Gasteiger partial charge in [-0.15, -0.1) is 24.0 Å². The number of benzene rings is 1. The number of rotatable bonds is 5. The van der Waals surface area contributed by atoms with E-state index in [9.17, 15) is 4.79 Å². The lowest BCUT2D eigenvalue weighted by Crippen LogP contribution is -2.34. The van der Waals surface area contributed by atoms with Gasteiger partial charge in [-0.25, -0.2) is 9.79 Å². The van der Waals surface area contributed by atoms with E-state index in [1.54, 1.807) is 4.90 Å². The van der Waals surface area contributed by atoms with E-state index in [0.717, 1.165) is 17.8 Å². The summed E-state index contributed by atoms with van der Waals surface area (Å²) >= 11 is 0. The van der Waals surface area contributed by atoms with Crippen LogP contribution in [-0.2, 0) is 11.3 Å². The van der Waals surface area contributed by atoms with Crippen LogP contribution < -0.4 is 16.0 Å². The van der Waals surface area contributed by atoms with E-state index < -0.39 is 0 Å². The summed E-state index contributed by atoms with van der Waals surface area (Å²) in [4.78, 5) is 17.4. The van der Waals surface area contributed by atoms with E-state index in [1.807, 2.05) is 24.3 Å². The Morgan fingerprint density at radius 2 is 2.09 bits per heavy atom. The van der Waals surface area contributed by atoms with Crippen molar-refractivity contribution in [3.8, 4) is 0 Å². The Hall–Kier alpha value is -1.51. The molecule has 1 fully saturated rings. The number of nitrogens with two attached hydrogens (primary N) is 1. The number of carbonyl (C=O) groups is 1. The van der Waals surface area contributed by atoms with Gasteiger partial charge in [-0.1, -0.05) is 26.0 Å². The smallest absolute Gasteiger partial charge is 0.414 e. The van der Waals surface area contributed by atoms with Crippen LogP contribution >= 0.6 is 24.0 Å². The van der Waals surface area contributed by atoms with Gasteiger partial charge in [0.1, 0.15) is 6.61 Å². The summed E-state index contributed by atoms with van der Waals surface area (Å²) < 4.78 is 4.92. The van der Waals surface area contributed by atoms with E-state index in [1.165, 1.54) is 0 Å². The lowest BCUT2D eigenvalue weighted by Gasteiger charge is -2.12. The highest BCUT2D eigenvalue weighted by Crippen LogP contribution is 2.19. The number of ether oxygens (including phenoxy) is 1. The highest BCUT2D eigenvalue weighted by Gasteiger charge is 2.23. The molecule has 22 heavy (non-hydrogen) atoms. The summed E-state index contributed by atoms with van der Waals surface area (Å²) in [5.74, 6) is 0.981. The number of cyclic esters (lactones) is 1. The lowest BCUT2D eigenvalue weighted by molar-refractivity contribution is 0.181. The molecule has 0 aliphatic carbocycles. The van der Waals surface area contributed by atoms with Crippen molar-refractivity contribution in [3.05, 3.63) is 29.8 Å². The minimum atomic E-state index is -0.289. The Balaban J connectivity index is 0.00000242. The monoisotopic (exact) mass is 418 g/mol. The number of nitrogens with zero attached hydrogens (tertiary/aromatic N) is 2. The molecule has 122 valence electrons. The highest BCUT2D eigenvalue weighted by molar-refractivity contribution is 14.0. The molecule has 6 nitrogen and oxygen atoms in total. The number of hydrogen-bond acceptors (Lipinski definition) is 3. The predicted molar refractivity (Wildman–Crippen MR) is 98.7 cm³/mol. The zero-order chi connectivity index (χ0) is 15.2. The van der Waals surface area contributed by atoms with Crippen molar-refractivity contribution in [1.82, 2.24) is 5.32 Å². The summed E-state index contributed by atoms with van der Waals surface area (Å²) in [6, 6.07) is 7.69. The Morgan fingerprint density at radius 1 is 1.41 bits per heavy atom. The zero-order valence-electron chi connectivity index (χ0n) is 12.9. The fourth-order valence-corrected chi connectivity index (χ4v) is 1.95. The van der Waals surface area contributed by atoms with Crippen LogP contribution in [0.5, 0.6) is 0 Å². The first kappa shape index (κ1) is 18.5. The van der Waals surface area contributed by atoms with Gasteiger partial charge in [-0.3, -0.25) is 4.90 Å². The van der Waals surface area contributed by atoms with Gasteiger partial charge in [-0.2, -0.15) is 0 Å². The van der Waals surface area contributed by atoms with E-state index in [4.69, 9.17) is 10.5 Å². The van der Waals surface area contributed by atoms with Crippen LogP contribution in [0.2, 0.25) is 0 Å². The maximum absolute atomic E-state index is 11.5. The number of anilines is 1. The standard InChI is InChI=1S/C15H22N4O2.HI/c1-11(2)9-17-14(16)18-10-12-3-5-13(6-4-12)19-7-8-21-15(19)20;/h3-6,11H,7-10H2,1-2H3,(H3,16,17,18);1H. The van der Waals surface area contributed by atoms with Gasteiger partial charge in [-0.05, 0) is 23.6 Å². The molecule has 1 heterocycles. The molecule has 1 aliphatic heterocycles. The van der Waals surface area contributed by atoms with E-state index in [2.05, 4.69) is 24.2 Å². The number of nitrogens with one attached hydrogen (secondary N) is 1. The molecule has 1 aromatic rings. The molecule has 0 radical (unpaired) electrons. The largest absolute Gasteiger partial charge is 0.447 e. The molecule has 0 aromatic heterocycles. The van der Waals surface area contributed by atoms with Crippen molar-refractivity contribution in [3.63, 3.8) is 0 Å². The average molecular weight is 418 g/mol. The molecule has 1 aromatic carbocycles. The van der Waals surface area contributed by atoms with E-state index >= 15 is 0 Å². The fourth-order valence-electron chi connectivity index (χ4n) is 1.95. The number of amides is 1. The van der Waals surface area contributed by atoms with Crippen LogP contribution in [0.1, 0.15) is 19.4 Å². The third-order valence-corrected chi connectivity index (χ3v) is 3.13. The van der Waals surface area contributed by atoms with Crippen LogP contribution in [0.15, 0.2) is 29.3 Å². The molecule has 0 bridgehead atoms. The lowest BCUT2D eigenvalue weighted by atomic mass is 10.2. The van der Waals surface area contributed by atoms with Gasteiger partial charge in [0.05, 0.1) is 13.1 Å². The van der Waals surface area contributed by atoms with Crippen molar-refractivity contribution in [2.45, 2.75) is 20.4 Å². The normalized spacial score (nSPS) is 14.8. The van der Waals surface area contributed by atoms with Crippen molar-refractivity contribution in [2.75, 3.05) is 24.6 Å². The zero-order valence-corrected chi connectivity index (χ0v) is 15.2. The topological polar surface area (TPSA) is 79.9 Å². The quantitative estimate of drug-likeness (QED) is 0.437. The molecule has 1 aliphatic rings. The summed E-state index contributed by atoms with van der Waals surface area (Å²) in [6.07, 6.45) is -0.289. The molecule has 7 heteroatoms. The van der Waals surface area contributed by atoms with Gasteiger partial charge in [0, 0.05) is 12.2 Å². The molecule has 2 rings (SSSR count). The summed E-state index contributed by atoms with van der Waals surface area (Å²) in [5, 5.41) is 3.07. The molecule has 3 N–H and O–H groups in total. The van der Waals surface area contributed by atoms with Crippen molar-refractivity contribution < 1.29 is 9.53 Å². The van der Waals surface area contributed by atoms with E-state index in [0.29, 0.717) is 31.6 Å². The fraction of sp³-hybridized carbons (Fsp3) is 0.467. The summed E-state index contributed by atoms with van der Waals surface area (Å²) in [7, 11) is 0. The third-order valence-electron chi connectivity index (χ3n) is 3.13. The Kier molecular flexibility index (Phi) is 7.43. The van der Waals surface area contributed by atoms with Crippen molar-refractivity contribution in [1.29, 1.82) is 0 Å². The Bertz CT molecular complexity index is 517. The number of halogens is 1. The summed E-state index contributed by atoms with van der Waals surface area (Å²) in [5.41, 5.74) is 7.67. The van der Waals surface area contributed by atoms with Crippen LogP contribution in [0.25, 0.3) is 0 Å². The summed E-state index contributed by atoms with van der Waals surface area (Å²) in [6.45, 7) is 6.60. The highest BCUT2D eigenvalue weighted by atomic mass is 127. The molecule has 0 saturated carbocycles. The average Bonchev–Trinajstić information content (AvgIpc) is 2.89. The predicted octanol–water partition coefficient (Wildman–Crippen LogP) is 2.32. The third kappa shape index (κ3) is 5.36. The van der Waals surface area contributed by atoms with Crippen molar-refractivity contribution in [2.24, 2.45) is 16.6 Å². The van der Waals surface area contributed by atoms with Crippen LogP contribution in [0.3, 0.4) is 0 Å². The molecule has 1 amide bonds.